The summed E-state index contributed by atoms with van der Waals surface area (Å²) in [5.41, 5.74) is 2.12. The van der Waals surface area contributed by atoms with Crippen molar-refractivity contribution in [3.05, 3.63) is 73.6 Å². The van der Waals surface area contributed by atoms with Gasteiger partial charge >= 0.3 is 0 Å². The van der Waals surface area contributed by atoms with Crippen molar-refractivity contribution in [2.75, 3.05) is 18.4 Å². The van der Waals surface area contributed by atoms with Crippen LogP contribution in [0.25, 0.3) is 0 Å². The molecule has 128 valence electrons. The lowest BCUT2D eigenvalue weighted by molar-refractivity contribution is -0.117. The Morgan fingerprint density at radius 3 is 2.76 bits per heavy atom. The number of carbonyl (C=O) groups is 1. The van der Waals surface area contributed by atoms with Gasteiger partial charge < -0.3 is 5.32 Å². The van der Waals surface area contributed by atoms with Gasteiger partial charge in [-0.1, -0.05) is 17.7 Å². The van der Waals surface area contributed by atoms with Crippen LogP contribution in [0.1, 0.15) is 21.4 Å². The van der Waals surface area contributed by atoms with Crippen LogP contribution in [0.3, 0.4) is 0 Å². The second-order valence-electron chi connectivity index (χ2n) is 5.99. The van der Waals surface area contributed by atoms with E-state index in [1.165, 1.54) is 15.3 Å². The minimum Gasteiger partial charge on any atom is -0.325 e. The molecule has 4 rings (SSSR count). The average molecular weight is 389 g/mol. The van der Waals surface area contributed by atoms with Crippen molar-refractivity contribution in [1.29, 1.82) is 0 Å². The molecule has 1 atom stereocenters. The molecule has 1 N–H and O–H groups in total. The first-order chi connectivity index (χ1) is 12.2. The number of anilines is 1. The highest BCUT2D eigenvalue weighted by Crippen LogP contribution is 2.39. The van der Waals surface area contributed by atoms with Gasteiger partial charge in [-0.05, 0) is 59.1 Å². The Labute approximate surface area is 159 Å². The Bertz CT molecular complexity index is 858. The zero-order valence-electron chi connectivity index (χ0n) is 13.4. The third kappa shape index (κ3) is 3.65. The molecule has 3 aromatic rings. The normalized spacial score (nSPS) is 17.2. The van der Waals surface area contributed by atoms with Crippen LogP contribution in [0, 0.1) is 0 Å². The van der Waals surface area contributed by atoms with E-state index in [1.807, 2.05) is 23.5 Å². The summed E-state index contributed by atoms with van der Waals surface area (Å²) in [7, 11) is 0. The van der Waals surface area contributed by atoms with E-state index >= 15 is 0 Å². The number of amides is 1. The molecule has 1 aliphatic rings. The Morgan fingerprint density at radius 2 is 2.00 bits per heavy atom. The minimum atomic E-state index is 0.00237. The van der Waals surface area contributed by atoms with Gasteiger partial charge in [-0.15, -0.1) is 22.7 Å². The number of hydrogen-bond acceptors (Lipinski definition) is 4. The predicted molar refractivity (Wildman–Crippen MR) is 106 cm³/mol. The van der Waals surface area contributed by atoms with Crippen LogP contribution in [0.4, 0.5) is 5.69 Å². The fraction of sp³-hybridized carbons (Fsp3) is 0.211. The monoisotopic (exact) mass is 388 g/mol. The summed E-state index contributed by atoms with van der Waals surface area (Å²) in [6, 6.07) is 13.8. The molecular weight excluding hydrogens is 372 g/mol. The zero-order valence-corrected chi connectivity index (χ0v) is 15.8. The van der Waals surface area contributed by atoms with E-state index in [0.29, 0.717) is 11.6 Å². The van der Waals surface area contributed by atoms with Crippen molar-refractivity contribution < 1.29 is 4.79 Å². The molecule has 2 aromatic heterocycles. The van der Waals surface area contributed by atoms with Crippen LogP contribution in [0.5, 0.6) is 0 Å². The molecule has 0 fully saturated rings. The van der Waals surface area contributed by atoms with Crippen molar-refractivity contribution >= 4 is 45.9 Å². The first-order valence-corrected chi connectivity index (χ1v) is 10.2. The second kappa shape index (κ2) is 7.30. The number of benzene rings is 1. The van der Waals surface area contributed by atoms with E-state index in [9.17, 15) is 4.79 Å². The minimum absolute atomic E-state index is 0.00237. The van der Waals surface area contributed by atoms with Crippen molar-refractivity contribution in [2.45, 2.75) is 12.5 Å². The maximum absolute atomic E-state index is 12.6. The summed E-state index contributed by atoms with van der Waals surface area (Å²) >= 11 is 9.46. The van der Waals surface area contributed by atoms with Crippen molar-refractivity contribution in [3.63, 3.8) is 0 Å². The molecule has 1 amide bonds. The lowest BCUT2D eigenvalue weighted by Crippen LogP contribution is -2.40. The smallest absolute Gasteiger partial charge is 0.238 e. The summed E-state index contributed by atoms with van der Waals surface area (Å²) in [6.45, 7) is 1.27. The Hall–Kier alpha value is -1.66. The molecule has 0 aliphatic carbocycles. The van der Waals surface area contributed by atoms with E-state index in [4.69, 9.17) is 11.6 Å². The molecule has 0 unspecified atom stereocenters. The quantitative estimate of drug-likeness (QED) is 0.678. The van der Waals surface area contributed by atoms with E-state index in [1.54, 1.807) is 23.5 Å². The summed E-state index contributed by atoms with van der Waals surface area (Å²) in [6.07, 6.45) is 1.00. The maximum Gasteiger partial charge on any atom is 0.238 e. The third-order valence-corrected chi connectivity index (χ3v) is 6.53. The van der Waals surface area contributed by atoms with Crippen LogP contribution >= 0.6 is 34.3 Å². The van der Waals surface area contributed by atoms with Gasteiger partial charge in [0.25, 0.3) is 0 Å². The van der Waals surface area contributed by atoms with Gasteiger partial charge in [0.2, 0.25) is 5.91 Å². The van der Waals surface area contributed by atoms with Gasteiger partial charge in [0, 0.05) is 27.0 Å². The fourth-order valence-electron chi connectivity index (χ4n) is 3.24. The molecular formula is C19H17ClN2OS2. The standard InChI is InChI=1S/C19H17ClN2OS2/c20-13-3-5-14(6-4-13)21-18(23)12-22-9-7-16-15(8-11-25-16)19(22)17-2-1-10-24-17/h1-6,8,10-11,19H,7,9,12H2,(H,21,23)/t19-/m1/s1. The Balaban J connectivity index is 1.52. The van der Waals surface area contributed by atoms with E-state index in [2.05, 4.69) is 39.2 Å². The summed E-state index contributed by atoms with van der Waals surface area (Å²) in [4.78, 5) is 17.5. The molecule has 25 heavy (non-hydrogen) atoms. The van der Waals surface area contributed by atoms with Gasteiger partial charge in [0.05, 0.1) is 12.6 Å². The molecule has 3 heterocycles. The summed E-state index contributed by atoms with van der Waals surface area (Å²) < 4.78 is 0. The van der Waals surface area contributed by atoms with Crippen molar-refractivity contribution in [2.24, 2.45) is 0 Å². The van der Waals surface area contributed by atoms with Crippen molar-refractivity contribution in [1.82, 2.24) is 4.90 Å². The first kappa shape index (κ1) is 16.8. The van der Waals surface area contributed by atoms with Crippen LogP contribution < -0.4 is 5.32 Å². The Kier molecular flexibility index (Phi) is 4.90. The molecule has 0 bridgehead atoms. The van der Waals surface area contributed by atoms with Gasteiger partial charge in [-0.2, -0.15) is 0 Å². The number of nitrogens with zero attached hydrogens (tertiary/aromatic N) is 1. The van der Waals surface area contributed by atoms with Crippen molar-refractivity contribution in [3.8, 4) is 0 Å². The molecule has 0 spiro atoms. The lowest BCUT2D eigenvalue weighted by Gasteiger charge is -2.34. The van der Waals surface area contributed by atoms with Crippen LogP contribution in [-0.4, -0.2) is 23.9 Å². The summed E-state index contributed by atoms with van der Waals surface area (Å²) in [5.74, 6) is 0.00237. The number of thiophene rings is 2. The van der Waals surface area contributed by atoms with Gasteiger partial charge in [0.1, 0.15) is 0 Å². The van der Waals surface area contributed by atoms with Crippen LogP contribution in [-0.2, 0) is 11.2 Å². The highest BCUT2D eigenvalue weighted by atomic mass is 35.5. The van der Waals surface area contributed by atoms with E-state index in [0.717, 1.165) is 18.7 Å². The molecule has 0 radical (unpaired) electrons. The third-order valence-electron chi connectivity index (χ3n) is 4.35. The molecule has 1 aromatic carbocycles. The number of hydrogen-bond donors (Lipinski definition) is 1. The molecule has 6 heteroatoms. The second-order valence-corrected chi connectivity index (χ2v) is 8.41. The highest BCUT2D eigenvalue weighted by Gasteiger charge is 2.31. The van der Waals surface area contributed by atoms with Crippen LogP contribution in [0.15, 0.2) is 53.2 Å². The number of rotatable bonds is 4. The Morgan fingerprint density at radius 1 is 1.16 bits per heavy atom. The number of nitrogens with one attached hydrogen (secondary N) is 1. The topological polar surface area (TPSA) is 32.3 Å². The predicted octanol–water partition coefficient (Wildman–Crippen LogP) is 5.05. The zero-order chi connectivity index (χ0) is 17.2. The van der Waals surface area contributed by atoms with E-state index in [-0.39, 0.29) is 11.9 Å². The fourth-order valence-corrected chi connectivity index (χ4v) is 5.14. The van der Waals surface area contributed by atoms with Crippen LogP contribution in [0.2, 0.25) is 5.02 Å². The molecule has 0 saturated carbocycles. The SMILES string of the molecule is O=C(CN1CCc2sccc2[C@@H]1c1cccs1)Nc1ccc(Cl)cc1. The average Bonchev–Trinajstić information content (AvgIpc) is 3.28. The summed E-state index contributed by atoms with van der Waals surface area (Å²) in [5, 5.41) is 7.88. The van der Waals surface area contributed by atoms with E-state index < -0.39 is 0 Å². The number of fused-ring (bicyclic) bond motifs is 1. The molecule has 1 aliphatic heterocycles. The first-order valence-electron chi connectivity index (χ1n) is 8.10. The molecule has 3 nitrogen and oxygen atoms in total. The van der Waals surface area contributed by atoms with Gasteiger partial charge in [-0.25, -0.2) is 0 Å². The van der Waals surface area contributed by atoms with Gasteiger partial charge in [-0.3, -0.25) is 9.69 Å². The lowest BCUT2D eigenvalue weighted by atomic mass is 9.98. The van der Waals surface area contributed by atoms with Gasteiger partial charge in [0.15, 0.2) is 0 Å². The highest BCUT2D eigenvalue weighted by molar-refractivity contribution is 7.10. The molecule has 0 saturated heterocycles. The number of carbonyl (C=O) groups excluding carboxylic acids is 1. The largest absolute Gasteiger partial charge is 0.325 e. The number of halogens is 1. The maximum atomic E-state index is 12.6.